The smallest absolute Gasteiger partial charge is 0.398 e. The van der Waals surface area contributed by atoms with E-state index < -0.39 is 17.6 Å². The van der Waals surface area contributed by atoms with Crippen LogP contribution >= 0.6 is 22.9 Å². The zero-order valence-electron chi connectivity index (χ0n) is 10.7. The van der Waals surface area contributed by atoms with E-state index >= 15 is 0 Å². The fourth-order valence-electron chi connectivity index (χ4n) is 1.59. The van der Waals surface area contributed by atoms with Gasteiger partial charge in [0.15, 0.2) is 0 Å². The molecule has 8 heteroatoms. The Bertz CT molecular complexity index is 678. The third-order valence-electron chi connectivity index (χ3n) is 2.72. The van der Waals surface area contributed by atoms with Crippen molar-refractivity contribution in [3.05, 3.63) is 44.6 Å². The van der Waals surface area contributed by atoms with Crippen LogP contribution < -0.4 is 11.1 Å². The van der Waals surface area contributed by atoms with Crippen molar-refractivity contribution in [2.45, 2.75) is 13.1 Å². The summed E-state index contributed by atoms with van der Waals surface area (Å²) in [6, 6.07) is 4.21. The van der Waals surface area contributed by atoms with Gasteiger partial charge < -0.3 is 11.1 Å². The SMILES string of the molecule is Cc1sc(C(=O)Nc2cc(C(F)(F)F)ccc2Cl)cc1N. The Morgan fingerprint density at radius 1 is 1.33 bits per heavy atom. The second kappa shape index (κ2) is 5.57. The van der Waals surface area contributed by atoms with Crippen molar-refractivity contribution < 1.29 is 18.0 Å². The van der Waals surface area contributed by atoms with Crippen molar-refractivity contribution in [2.24, 2.45) is 0 Å². The number of hydrogen-bond donors (Lipinski definition) is 2. The predicted molar refractivity (Wildman–Crippen MR) is 77.9 cm³/mol. The zero-order valence-corrected chi connectivity index (χ0v) is 12.3. The van der Waals surface area contributed by atoms with Crippen molar-refractivity contribution in [3.8, 4) is 0 Å². The molecular weight excluding hydrogens is 325 g/mol. The van der Waals surface area contributed by atoms with E-state index in [1.165, 1.54) is 6.07 Å². The van der Waals surface area contributed by atoms with Gasteiger partial charge in [-0.1, -0.05) is 11.6 Å². The first-order chi connectivity index (χ1) is 9.68. The van der Waals surface area contributed by atoms with Crippen LogP contribution in [0.1, 0.15) is 20.1 Å². The number of carbonyl (C=O) groups is 1. The first-order valence-electron chi connectivity index (χ1n) is 5.72. The highest BCUT2D eigenvalue weighted by Gasteiger charge is 2.31. The number of halogens is 4. The van der Waals surface area contributed by atoms with Gasteiger partial charge in [0.1, 0.15) is 0 Å². The molecule has 0 unspecified atom stereocenters. The quantitative estimate of drug-likeness (QED) is 0.845. The lowest BCUT2D eigenvalue weighted by Crippen LogP contribution is -2.12. The highest BCUT2D eigenvalue weighted by molar-refractivity contribution is 7.14. The van der Waals surface area contributed by atoms with Crippen molar-refractivity contribution in [3.63, 3.8) is 0 Å². The molecule has 0 atom stereocenters. The molecule has 0 saturated heterocycles. The van der Waals surface area contributed by atoms with Gasteiger partial charge in [-0.05, 0) is 31.2 Å². The first-order valence-corrected chi connectivity index (χ1v) is 6.92. The number of nitrogens with one attached hydrogen (secondary N) is 1. The zero-order chi connectivity index (χ0) is 15.8. The number of anilines is 2. The lowest BCUT2D eigenvalue weighted by atomic mass is 10.2. The predicted octanol–water partition coefficient (Wildman–Crippen LogP) is 4.56. The van der Waals surface area contributed by atoms with Crippen LogP contribution in [-0.4, -0.2) is 5.91 Å². The molecule has 0 fully saturated rings. The number of aryl methyl sites for hydroxylation is 1. The number of rotatable bonds is 2. The summed E-state index contributed by atoms with van der Waals surface area (Å²) in [5.74, 6) is -0.555. The van der Waals surface area contributed by atoms with Gasteiger partial charge in [-0.15, -0.1) is 11.3 Å². The maximum absolute atomic E-state index is 12.6. The lowest BCUT2D eigenvalue weighted by molar-refractivity contribution is -0.137. The monoisotopic (exact) mass is 334 g/mol. The molecule has 3 nitrogen and oxygen atoms in total. The number of carbonyl (C=O) groups excluding carboxylic acids is 1. The summed E-state index contributed by atoms with van der Waals surface area (Å²) < 4.78 is 37.9. The number of nitrogen functional groups attached to an aromatic ring is 1. The number of thiophene rings is 1. The molecule has 1 amide bonds. The van der Waals surface area contributed by atoms with Gasteiger partial charge in [0.05, 0.1) is 21.2 Å². The standard InChI is InChI=1S/C13H10ClF3N2OS/c1-6-9(18)5-11(21-6)12(20)19-10-4-7(13(15,16)17)2-3-8(10)14/h2-5H,18H2,1H3,(H,19,20). The Kier molecular flexibility index (Phi) is 4.15. The topological polar surface area (TPSA) is 55.1 Å². The molecule has 1 aromatic carbocycles. The van der Waals surface area contributed by atoms with Crippen LogP contribution in [0.2, 0.25) is 5.02 Å². The summed E-state index contributed by atoms with van der Waals surface area (Å²) in [5.41, 5.74) is 5.12. The molecule has 0 radical (unpaired) electrons. The van der Waals surface area contributed by atoms with E-state index in [4.69, 9.17) is 17.3 Å². The molecular formula is C13H10ClF3N2OS. The third kappa shape index (κ3) is 3.48. The molecule has 0 aliphatic heterocycles. The van der Waals surface area contributed by atoms with Gasteiger partial charge in [0.2, 0.25) is 0 Å². The lowest BCUT2D eigenvalue weighted by Gasteiger charge is -2.11. The van der Waals surface area contributed by atoms with Crippen LogP contribution in [0, 0.1) is 6.92 Å². The van der Waals surface area contributed by atoms with E-state index in [1.54, 1.807) is 6.92 Å². The van der Waals surface area contributed by atoms with Crippen LogP contribution in [0.4, 0.5) is 24.5 Å². The molecule has 2 aromatic rings. The van der Waals surface area contributed by atoms with Crippen molar-refractivity contribution in [2.75, 3.05) is 11.1 Å². The summed E-state index contributed by atoms with van der Waals surface area (Å²) >= 11 is 6.97. The van der Waals surface area contributed by atoms with Gasteiger partial charge in [0, 0.05) is 10.6 Å². The summed E-state index contributed by atoms with van der Waals surface area (Å²) in [5, 5.41) is 2.39. The van der Waals surface area contributed by atoms with E-state index in [1.807, 2.05) is 0 Å². The number of benzene rings is 1. The maximum atomic E-state index is 12.6. The molecule has 0 saturated carbocycles. The summed E-state index contributed by atoms with van der Waals surface area (Å²) in [4.78, 5) is 13.1. The molecule has 0 bridgehead atoms. The average Bonchev–Trinajstić information content (AvgIpc) is 2.71. The Morgan fingerprint density at radius 3 is 2.52 bits per heavy atom. The normalized spacial score (nSPS) is 11.5. The van der Waals surface area contributed by atoms with E-state index in [9.17, 15) is 18.0 Å². The molecule has 21 heavy (non-hydrogen) atoms. The summed E-state index contributed by atoms with van der Waals surface area (Å²) in [7, 11) is 0. The fraction of sp³-hybridized carbons (Fsp3) is 0.154. The van der Waals surface area contributed by atoms with Crippen LogP contribution in [0.5, 0.6) is 0 Å². The minimum atomic E-state index is -4.51. The second-order valence-corrected chi connectivity index (χ2v) is 5.93. The highest BCUT2D eigenvalue weighted by atomic mass is 35.5. The van der Waals surface area contributed by atoms with Crippen LogP contribution in [0.25, 0.3) is 0 Å². The maximum Gasteiger partial charge on any atom is 0.416 e. The van der Waals surface area contributed by atoms with E-state index in [0.29, 0.717) is 10.6 Å². The number of amides is 1. The minimum absolute atomic E-state index is 0.0256. The van der Waals surface area contributed by atoms with Gasteiger partial charge in [-0.2, -0.15) is 13.2 Å². The van der Waals surface area contributed by atoms with Crippen LogP contribution in [-0.2, 0) is 6.18 Å². The van der Waals surface area contributed by atoms with Gasteiger partial charge >= 0.3 is 6.18 Å². The average molecular weight is 335 g/mol. The molecule has 0 spiro atoms. The highest BCUT2D eigenvalue weighted by Crippen LogP contribution is 2.34. The van der Waals surface area contributed by atoms with E-state index in [0.717, 1.165) is 34.4 Å². The first kappa shape index (κ1) is 15.7. The number of nitrogens with two attached hydrogens (primary N) is 1. The van der Waals surface area contributed by atoms with Crippen molar-refractivity contribution in [1.29, 1.82) is 0 Å². The third-order valence-corrected chi connectivity index (χ3v) is 4.12. The molecule has 1 aromatic heterocycles. The number of hydrogen-bond acceptors (Lipinski definition) is 3. The van der Waals surface area contributed by atoms with E-state index in [-0.39, 0.29) is 10.7 Å². The molecule has 2 rings (SSSR count). The fourth-order valence-corrected chi connectivity index (χ4v) is 2.59. The second-order valence-electron chi connectivity index (χ2n) is 4.27. The largest absolute Gasteiger partial charge is 0.416 e. The van der Waals surface area contributed by atoms with Crippen LogP contribution in [0.15, 0.2) is 24.3 Å². The number of alkyl halides is 3. The van der Waals surface area contributed by atoms with Crippen molar-refractivity contribution in [1.82, 2.24) is 0 Å². The molecule has 3 N–H and O–H groups in total. The molecule has 0 aliphatic carbocycles. The van der Waals surface area contributed by atoms with Crippen LogP contribution in [0.3, 0.4) is 0 Å². The van der Waals surface area contributed by atoms with Crippen molar-refractivity contribution >= 4 is 40.2 Å². The Hall–Kier alpha value is -1.73. The molecule has 112 valence electrons. The Balaban J connectivity index is 2.28. The minimum Gasteiger partial charge on any atom is -0.398 e. The summed E-state index contributed by atoms with van der Waals surface area (Å²) in [6.07, 6.45) is -4.51. The van der Waals surface area contributed by atoms with Gasteiger partial charge in [-0.25, -0.2) is 0 Å². The summed E-state index contributed by atoms with van der Waals surface area (Å²) in [6.45, 7) is 1.74. The molecule has 1 heterocycles. The van der Waals surface area contributed by atoms with E-state index in [2.05, 4.69) is 5.32 Å². The Labute approximate surface area is 127 Å². The Morgan fingerprint density at radius 2 is 2.00 bits per heavy atom. The van der Waals surface area contributed by atoms with Gasteiger partial charge in [0.25, 0.3) is 5.91 Å². The van der Waals surface area contributed by atoms with Gasteiger partial charge in [-0.3, -0.25) is 4.79 Å². The molecule has 0 aliphatic rings.